The van der Waals surface area contributed by atoms with Crippen molar-refractivity contribution in [2.45, 2.75) is 25.7 Å². The summed E-state index contributed by atoms with van der Waals surface area (Å²) in [6.07, 6.45) is 4.14. The van der Waals surface area contributed by atoms with Gasteiger partial charge in [0.15, 0.2) is 0 Å². The number of hydrogen-bond acceptors (Lipinski definition) is 3. The molecule has 1 aromatic carbocycles. The van der Waals surface area contributed by atoms with Gasteiger partial charge in [-0.3, -0.25) is 0 Å². The second-order valence-electron chi connectivity index (χ2n) is 6.18. The molecule has 0 bridgehead atoms. The summed E-state index contributed by atoms with van der Waals surface area (Å²) >= 11 is 0. The molecule has 2 fully saturated rings. The first-order chi connectivity index (χ1) is 11.1. The van der Waals surface area contributed by atoms with Gasteiger partial charge in [0.05, 0.1) is 0 Å². The molecule has 2 heterocycles. The van der Waals surface area contributed by atoms with Crippen LogP contribution < -0.4 is 4.90 Å². The molecule has 0 spiro atoms. The Kier molecular flexibility index (Phi) is 5.18. The van der Waals surface area contributed by atoms with Crippen molar-refractivity contribution < 1.29 is 12.8 Å². The molecule has 0 atom stereocenters. The molecule has 2 aliphatic heterocycles. The maximum atomic E-state index is 13.0. The first kappa shape index (κ1) is 16.7. The van der Waals surface area contributed by atoms with E-state index in [4.69, 9.17) is 0 Å². The first-order valence-corrected chi connectivity index (χ1v) is 9.73. The Hall–Kier alpha value is -1.18. The van der Waals surface area contributed by atoms with Crippen LogP contribution in [-0.2, 0) is 10.2 Å². The van der Waals surface area contributed by atoms with Gasteiger partial charge in [-0.2, -0.15) is 17.0 Å². The minimum Gasteiger partial charge on any atom is -0.369 e. The third-order valence-electron chi connectivity index (χ3n) is 4.65. The van der Waals surface area contributed by atoms with E-state index in [0.29, 0.717) is 39.3 Å². The van der Waals surface area contributed by atoms with Crippen LogP contribution in [0, 0.1) is 5.82 Å². The van der Waals surface area contributed by atoms with Crippen LogP contribution in [0.3, 0.4) is 0 Å². The van der Waals surface area contributed by atoms with Crippen molar-refractivity contribution >= 4 is 15.9 Å². The number of hydrogen-bond donors (Lipinski definition) is 0. The number of anilines is 1. The second-order valence-corrected chi connectivity index (χ2v) is 8.11. The minimum atomic E-state index is -3.34. The van der Waals surface area contributed by atoms with Gasteiger partial charge in [-0.15, -0.1) is 0 Å². The Balaban J connectivity index is 1.62. The number of halogens is 1. The highest BCUT2D eigenvalue weighted by Gasteiger charge is 2.32. The monoisotopic (exact) mass is 341 g/mol. The molecule has 0 aliphatic carbocycles. The van der Waals surface area contributed by atoms with Crippen molar-refractivity contribution in [2.24, 2.45) is 0 Å². The summed E-state index contributed by atoms with van der Waals surface area (Å²) in [7, 11) is -3.34. The zero-order valence-corrected chi connectivity index (χ0v) is 14.1. The van der Waals surface area contributed by atoms with Crippen LogP contribution in [0.5, 0.6) is 0 Å². The maximum Gasteiger partial charge on any atom is 0.282 e. The highest BCUT2D eigenvalue weighted by molar-refractivity contribution is 7.86. The Bertz CT molecular complexity index is 605. The SMILES string of the molecule is O=S(=O)(N1CCCCCC1)N1CCN(c2ccc(F)cc2)CC1. The van der Waals surface area contributed by atoms with Gasteiger partial charge < -0.3 is 4.90 Å². The first-order valence-electron chi connectivity index (χ1n) is 8.33. The van der Waals surface area contributed by atoms with Crippen LogP contribution in [0.1, 0.15) is 25.7 Å². The van der Waals surface area contributed by atoms with E-state index in [2.05, 4.69) is 4.90 Å². The normalized spacial score (nSPS) is 22.0. The second kappa shape index (κ2) is 7.15. The molecule has 1 aromatic rings. The fourth-order valence-electron chi connectivity index (χ4n) is 3.26. The molecule has 0 unspecified atom stereocenters. The van der Waals surface area contributed by atoms with E-state index < -0.39 is 10.2 Å². The molecule has 2 aliphatic rings. The molecule has 2 saturated heterocycles. The zero-order valence-electron chi connectivity index (χ0n) is 13.3. The minimum absolute atomic E-state index is 0.254. The van der Waals surface area contributed by atoms with Crippen LogP contribution in [0.4, 0.5) is 10.1 Å². The molecular weight excluding hydrogens is 317 g/mol. The lowest BCUT2D eigenvalue weighted by molar-refractivity contribution is 0.327. The van der Waals surface area contributed by atoms with Crippen LogP contribution in [0.15, 0.2) is 24.3 Å². The summed E-state index contributed by atoms with van der Waals surface area (Å²) in [5, 5.41) is 0. The highest BCUT2D eigenvalue weighted by atomic mass is 32.2. The fraction of sp³-hybridized carbons (Fsp3) is 0.625. The van der Waals surface area contributed by atoms with E-state index in [1.807, 2.05) is 0 Å². The van der Waals surface area contributed by atoms with Crippen LogP contribution in [0.2, 0.25) is 0 Å². The van der Waals surface area contributed by atoms with Crippen molar-refractivity contribution in [2.75, 3.05) is 44.2 Å². The highest BCUT2D eigenvalue weighted by Crippen LogP contribution is 2.21. The smallest absolute Gasteiger partial charge is 0.282 e. The molecular formula is C16H24FN3O2S. The lowest BCUT2D eigenvalue weighted by atomic mass is 10.2. The van der Waals surface area contributed by atoms with Gasteiger partial charge in [0.2, 0.25) is 0 Å². The van der Waals surface area contributed by atoms with Crippen molar-refractivity contribution in [1.29, 1.82) is 0 Å². The largest absolute Gasteiger partial charge is 0.369 e. The van der Waals surface area contributed by atoms with Crippen molar-refractivity contribution in [3.63, 3.8) is 0 Å². The third-order valence-corrected chi connectivity index (χ3v) is 6.68. The van der Waals surface area contributed by atoms with Gasteiger partial charge >= 0.3 is 0 Å². The van der Waals surface area contributed by atoms with Crippen LogP contribution >= 0.6 is 0 Å². The standard InChI is InChI=1S/C16H24FN3O2S/c17-15-5-7-16(8-6-15)18-11-13-20(14-12-18)23(21,22)19-9-3-1-2-4-10-19/h5-8H,1-4,9-14H2. The summed E-state index contributed by atoms with van der Waals surface area (Å²) in [4.78, 5) is 2.11. The average Bonchev–Trinajstić information content (AvgIpc) is 2.85. The predicted octanol–water partition coefficient (Wildman–Crippen LogP) is 2.07. The van der Waals surface area contributed by atoms with Crippen LogP contribution in [-0.4, -0.2) is 56.3 Å². The number of rotatable bonds is 3. The molecule has 23 heavy (non-hydrogen) atoms. The quantitative estimate of drug-likeness (QED) is 0.845. The Morgan fingerprint density at radius 1 is 0.739 bits per heavy atom. The Morgan fingerprint density at radius 2 is 1.26 bits per heavy atom. The number of benzene rings is 1. The van der Waals surface area contributed by atoms with Gasteiger partial charge in [0.1, 0.15) is 5.82 Å². The Labute approximate surface area is 137 Å². The van der Waals surface area contributed by atoms with Gasteiger partial charge in [-0.1, -0.05) is 12.8 Å². The fourth-order valence-corrected chi connectivity index (χ4v) is 4.94. The summed E-state index contributed by atoms with van der Waals surface area (Å²) in [6.45, 7) is 3.52. The lowest BCUT2D eigenvalue weighted by Crippen LogP contribution is -2.53. The summed E-state index contributed by atoms with van der Waals surface area (Å²) in [6, 6.07) is 6.37. The number of nitrogens with zero attached hydrogens (tertiary/aromatic N) is 3. The van der Waals surface area contributed by atoms with Gasteiger partial charge in [-0.25, -0.2) is 4.39 Å². The van der Waals surface area contributed by atoms with Crippen molar-refractivity contribution in [3.05, 3.63) is 30.1 Å². The lowest BCUT2D eigenvalue weighted by Gasteiger charge is -2.37. The predicted molar refractivity (Wildman–Crippen MR) is 89.1 cm³/mol. The van der Waals surface area contributed by atoms with Gasteiger partial charge in [0, 0.05) is 45.0 Å². The average molecular weight is 341 g/mol. The third kappa shape index (κ3) is 3.84. The van der Waals surface area contributed by atoms with Crippen LogP contribution in [0.25, 0.3) is 0 Å². The number of piperazine rings is 1. The van der Waals surface area contributed by atoms with E-state index in [9.17, 15) is 12.8 Å². The van der Waals surface area contributed by atoms with Crippen molar-refractivity contribution in [3.8, 4) is 0 Å². The molecule has 0 saturated carbocycles. The summed E-state index contributed by atoms with van der Waals surface area (Å²) < 4.78 is 41.8. The topological polar surface area (TPSA) is 43.9 Å². The van der Waals surface area contributed by atoms with Gasteiger partial charge in [0.25, 0.3) is 10.2 Å². The summed E-state index contributed by atoms with van der Waals surface area (Å²) in [5.41, 5.74) is 0.943. The molecule has 7 heteroatoms. The molecule has 0 N–H and O–H groups in total. The molecule has 5 nitrogen and oxygen atoms in total. The summed E-state index contributed by atoms with van der Waals surface area (Å²) in [5.74, 6) is -0.254. The molecule has 3 rings (SSSR count). The molecule has 128 valence electrons. The van der Waals surface area contributed by atoms with E-state index in [-0.39, 0.29) is 5.82 Å². The zero-order chi connectivity index (χ0) is 16.3. The molecule has 0 radical (unpaired) electrons. The van der Waals surface area contributed by atoms with Crippen molar-refractivity contribution in [1.82, 2.24) is 8.61 Å². The molecule has 0 amide bonds. The maximum absolute atomic E-state index is 13.0. The van der Waals surface area contributed by atoms with E-state index in [1.165, 1.54) is 12.1 Å². The van der Waals surface area contributed by atoms with E-state index in [0.717, 1.165) is 31.4 Å². The van der Waals surface area contributed by atoms with E-state index in [1.54, 1.807) is 20.7 Å². The molecule has 0 aromatic heterocycles. The van der Waals surface area contributed by atoms with Gasteiger partial charge in [-0.05, 0) is 37.1 Å². The Morgan fingerprint density at radius 3 is 1.83 bits per heavy atom. The van der Waals surface area contributed by atoms with E-state index >= 15 is 0 Å².